The monoisotopic (exact) mass is 163 g/mol. The minimum atomic E-state index is 1.21. The van der Waals surface area contributed by atoms with Crippen LogP contribution in [0.4, 0.5) is 0 Å². The Morgan fingerprint density at radius 2 is 2.18 bits per heavy atom. The highest BCUT2D eigenvalue weighted by Gasteiger charge is 1.94. The van der Waals surface area contributed by atoms with Crippen molar-refractivity contribution in [1.82, 2.24) is 4.98 Å². The van der Waals surface area contributed by atoms with Crippen molar-refractivity contribution in [3.63, 3.8) is 0 Å². The molecule has 0 saturated heterocycles. The van der Waals surface area contributed by atoms with Gasteiger partial charge in [-0.15, -0.1) is 11.8 Å². The molecule has 1 nitrogen and oxygen atoms in total. The number of aromatic amines is 1. The molecule has 2 heteroatoms. The highest BCUT2D eigenvalue weighted by atomic mass is 32.2. The largest absolute Gasteiger partial charge is 0.361 e. The van der Waals surface area contributed by atoms with E-state index in [1.54, 1.807) is 11.8 Å². The van der Waals surface area contributed by atoms with E-state index in [-0.39, 0.29) is 0 Å². The quantitative estimate of drug-likeness (QED) is 0.639. The molecule has 1 N–H and O–H groups in total. The first kappa shape index (κ1) is 6.80. The fraction of sp³-hybridized carbons (Fsp3) is 0.111. The smallest absolute Gasteiger partial charge is 0.0454 e. The zero-order valence-electron chi connectivity index (χ0n) is 6.29. The summed E-state index contributed by atoms with van der Waals surface area (Å²) in [4.78, 5) is 4.48. The molecule has 0 spiro atoms. The molecule has 1 aromatic heterocycles. The lowest BCUT2D eigenvalue weighted by molar-refractivity contribution is 1.45. The predicted molar refractivity (Wildman–Crippen MR) is 50.1 cm³/mol. The van der Waals surface area contributed by atoms with Gasteiger partial charge in [0.05, 0.1) is 0 Å². The predicted octanol–water partition coefficient (Wildman–Crippen LogP) is 2.89. The van der Waals surface area contributed by atoms with Crippen molar-refractivity contribution in [2.45, 2.75) is 4.90 Å². The van der Waals surface area contributed by atoms with Crippen LogP contribution < -0.4 is 0 Å². The zero-order chi connectivity index (χ0) is 7.68. The van der Waals surface area contributed by atoms with E-state index in [0.717, 1.165) is 0 Å². The molecule has 1 heterocycles. The first-order chi connectivity index (χ1) is 5.40. The summed E-state index contributed by atoms with van der Waals surface area (Å²) in [5.41, 5.74) is 1.21. The number of thioether (sulfide) groups is 1. The Labute approximate surface area is 69.8 Å². The van der Waals surface area contributed by atoms with Gasteiger partial charge in [-0.2, -0.15) is 0 Å². The van der Waals surface area contributed by atoms with E-state index >= 15 is 0 Å². The van der Waals surface area contributed by atoms with Crippen molar-refractivity contribution in [2.75, 3.05) is 6.26 Å². The second-order valence-corrected chi connectivity index (χ2v) is 3.31. The Hall–Kier alpha value is -0.890. The summed E-state index contributed by atoms with van der Waals surface area (Å²) in [5.74, 6) is 0. The van der Waals surface area contributed by atoms with Gasteiger partial charge in [-0.05, 0) is 30.5 Å². The molecule has 0 aliphatic carbocycles. The lowest BCUT2D eigenvalue weighted by atomic mass is 10.2. The highest BCUT2D eigenvalue weighted by molar-refractivity contribution is 7.98. The van der Waals surface area contributed by atoms with Crippen LogP contribution in [0.2, 0.25) is 0 Å². The standard InChI is InChI=1S/C9H9NS/c1-11-8-2-3-9-7(6-8)4-5-10-9/h2-6,10H,1H3. The van der Waals surface area contributed by atoms with Crippen LogP contribution >= 0.6 is 11.8 Å². The summed E-state index contributed by atoms with van der Waals surface area (Å²) in [7, 11) is 0. The van der Waals surface area contributed by atoms with Crippen molar-refractivity contribution < 1.29 is 0 Å². The van der Waals surface area contributed by atoms with Crippen molar-refractivity contribution in [2.24, 2.45) is 0 Å². The van der Waals surface area contributed by atoms with Gasteiger partial charge in [-0.3, -0.25) is 0 Å². The van der Waals surface area contributed by atoms with Crippen LogP contribution in [0.1, 0.15) is 0 Å². The van der Waals surface area contributed by atoms with Gasteiger partial charge in [0.15, 0.2) is 0 Å². The third kappa shape index (κ3) is 1.14. The van der Waals surface area contributed by atoms with Crippen LogP contribution in [0.15, 0.2) is 35.4 Å². The number of hydrogen-bond acceptors (Lipinski definition) is 1. The normalized spacial score (nSPS) is 10.6. The van der Waals surface area contributed by atoms with Crippen LogP contribution in [0.3, 0.4) is 0 Å². The molecule has 0 radical (unpaired) electrons. The topological polar surface area (TPSA) is 15.8 Å². The minimum Gasteiger partial charge on any atom is -0.361 e. The van der Waals surface area contributed by atoms with Gasteiger partial charge in [0.25, 0.3) is 0 Å². The summed E-state index contributed by atoms with van der Waals surface area (Å²) < 4.78 is 0. The van der Waals surface area contributed by atoms with Gasteiger partial charge >= 0.3 is 0 Å². The van der Waals surface area contributed by atoms with E-state index < -0.39 is 0 Å². The summed E-state index contributed by atoms with van der Waals surface area (Å²) >= 11 is 1.77. The Morgan fingerprint density at radius 3 is 3.00 bits per heavy atom. The molecule has 0 unspecified atom stereocenters. The maximum absolute atomic E-state index is 3.16. The molecule has 0 bridgehead atoms. The molecular formula is C9H9NS. The highest BCUT2D eigenvalue weighted by Crippen LogP contribution is 2.20. The summed E-state index contributed by atoms with van der Waals surface area (Å²) in [6, 6.07) is 8.52. The fourth-order valence-electron chi connectivity index (χ4n) is 1.16. The zero-order valence-corrected chi connectivity index (χ0v) is 7.11. The molecule has 1 aromatic carbocycles. The van der Waals surface area contributed by atoms with Gasteiger partial charge in [0.1, 0.15) is 0 Å². The van der Waals surface area contributed by atoms with Crippen LogP contribution in [0, 0.1) is 0 Å². The average Bonchev–Trinajstić information content (AvgIpc) is 2.50. The lowest BCUT2D eigenvalue weighted by Crippen LogP contribution is -1.69. The number of H-pyrrole nitrogens is 1. The first-order valence-corrected chi connectivity index (χ1v) is 4.74. The van der Waals surface area contributed by atoms with Crippen molar-refractivity contribution in [3.05, 3.63) is 30.5 Å². The summed E-state index contributed by atoms with van der Waals surface area (Å²) in [6.45, 7) is 0. The second-order valence-electron chi connectivity index (χ2n) is 2.43. The molecule has 0 atom stereocenters. The molecule has 56 valence electrons. The minimum absolute atomic E-state index is 1.21. The first-order valence-electron chi connectivity index (χ1n) is 3.51. The summed E-state index contributed by atoms with van der Waals surface area (Å²) in [6.07, 6.45) is 4.06. The molecule has 0 aliphatic heterocycles. The van der Waals surface area contributed by atoms with E-state index in [4.69, 9.17) is 0 Å². The SMILES string of the molecule is CSc1ccc2[nH]ccc2c1. The van der Waals surface area contributed by atoms with Crippen molar-refractivity contribution >= 4 is 22.7 Å². The Kier molecular flexibility index (Phi) is 1.62. The Morgan fingerprint density at radius 1 is 1.27 bits per heavy atom. The Bertz CT molecular complexity index is 364. The molecule has 2 rings (SSSR count). The third-order valence-electron chi connectivity index (χ3n) is 1.76. The van der Waals surface area contributed by atoms with Crippen LogP contribution in [0.5, 0.6) is 0 Å². The summed E-state index contributed by atoms with van der Waals surface area (Å²) in [5, 5.41) is 1.29. The molecule has 0 fully saturated rings. The van der Waals surface area contributed by atoms with E-state index in [0.29, 0.717) is 0 Å². The molecule has 11 heavy (non-hydrogen) atoms. The molecule has 0 amide bonds. The second kappa shape index (κ2) is 2.62. The number of hydrogen-bond donors (Lipinski definition) is 1. The van der Waals surface area contributed by atoms with Crippen molar-refractivity contribution in [3.8, 4) is 0 Å². The molecular weight excluding hydrogens is 154 g/mol. The number of nitrogens with one attached hydrogen (secondary N) is 1. The van der Waals surface area contributed by atoms with Crippen LogP contribution in [-0.4, -0.2) is 11.2 Å². The van der Waals surface area contributed by atoms with Crippen LogP contribution in [0.25, 0.3) is 10.9 Å². The number of rotatable bonds is 1. The maximum atomic E-state index is 3.16. The van der Waals surface area contributed by atoms with Gasteiger partial charge < -0.3 is 4.98 Å². The van der Waals surface area contributed by atoms with E-state index in [1.807, 2.05) is 6.20 Å². The third-order valence-corrected chi connectivity index (χ3v) is 2.49. The van der Waals surface area contributed by atoms with Gasteiger partial charge in [-0.1, -0.05) is 0 Å². The van der Waals surface area contributed by atoms with Gasteiger partial charge in [0.2, 0.25) is 0 Å². The van der Waals surface area contributed by atoms with E-state index in [2.05, 4.69) is 35.5 Å². The number of benzene rings is 1. The maximum Gasteiger partial charge on any atom is 0.0454 e. The Balaban J connectivity index is 2.67. The average molecular weight is 163 g/mol. The number of aromatic nitrogens is 1. The molecule has 2 aromatic rings. The number of fused-ring (bicyclic) bond motifs is 1. The fourth-order valence-corrected chi connectivity index (χ4v) is 1.61. The van der Waals surface area contributed by atoms with E-state index in [9.17, 15) is 0 Å². The molecule has 0 aliphatic rings. The molecule has 0 saturated carbocycles. The van der Waals surface area contributed by atoms with Gasteiger partial charge in [-0.25, -0.2) is 0 Å². The van der Waals surface area contributed by atoms with Crippen LogP contribution in [-0.2, 0) is 0 Å². The van der Waals surface area contributed by atoms with E-state index in [1.165, 1.54) is 15.8 Å². The lowest BCUT2D eigenvalue weighted by Gasteiger charge is -1.94. The van der Waals surface area contributed by atoms with Crippen molar-refractivity contribution in [1.29, 1.82) is 0 Å². The van der Waals surface area contributed by atoms with Gasteiger partial charge in [0, 0.05) is 22.0 Å².